The van der Waals surface area contributed by atoms with Crippen molar-refractivity contribution in [2.45, 2.75) is 12.5 Å². The van der Waals surface area contributed by atoms with Gasteiger partial charge in [0, 0.05) is 15.0 Å². The van der Waals surface area contributed by atoms with Crippen LogP contribution in [0.5, 0.6) is 0 Å². The second kappa shape index (κ2) is 6.41. The molecule has 0 heterocycles. The molecule has 0 unspecified atom stereocenters. The van der Waals surface area contributed by atoms with Gasteiger partial charge in [-0.05, 0) is 23.8 Å². The van der Waals surface area contributed by atoms with Crippen LogP contribution in [0.3, 0.4) is 0 Å². The molecule has 14 heavy (non-hydrogen) atoms. The lowest BCUT2D eigenvalue weighted by Gasteiger charge is -2.08. The van der Waals surface area contributed by atoms with E-state index in [1.54, 1.807) is 0 Å². The Balaban J connectivity index is 0.00000169. The molecule has 0 aliphatic carbocycles. The molecule has 0 saturated heterocycles. The molecule has 0 saturated carbocycles. The van der Waals surface area contributed by atoms with E-state index in [0.29, 0.717) is 6.42 Å². The summed E-state index contributed by atoms with van der Waals surface area (Å²) in [5.74, 6) is 0. The van der Waals surface area contributed by atoms with Crippen LogP contribution in [-0.4, -0.2) is 0 Å². The molecule has 1 rings (SSSR count). The molecule has 0 aliphatic heterocycles. The minimum Gasteiger partial charge on any atom is -0.323 e. The van der Waals surface area contributed by atoms with Crippen LogP contribution < -0.4 is 5.73 Å². The number of nitrogens with two attached hydrogens (primary N) is 1. The Labute approximate surface area is 106 Å². The molecule has 1 aromatic rings. The third kappa shape index (κ3) is 3.97. The van der Waals surface area contributed by atoms with E-state index < -0.39 is 0 Å². The Morgan fingerprint density at radius 3 is 2.21 bits per heavy atom. The van der Waals surface area contributed by atoms with Gasteiger partial charge in [-0.15, -0.1) is 12.4 Å². The fourth-order valence-corrected chi connectivity index (χ4v) is 2.33. The van der Waals surface area contributed by atoms with Gasteiger partial charge in [0.15, 0.2) is 0 Å². The van der Waals surface area contributed by atoms with Crippen molar-refractivity contribution in [3.05, 3.63) is 32.7 Å². The van der Waals surface area contributed by atoms with E-state index >= 15 is 0 Å². The lowest BCUT2D eigenvalue weighted by atomic mass is 10.1. The number of hydrogen-bond acceptors (Lipinski definition) is 2. The highest BCUT2D eigenvalue weighted by Gasteiger charge is 2.06. The molecule has 5 heteroatoms. The highest BCUT2D eigenvalue weighted by molar-refractivity contribution is 9.11. The maximum atomic E-state index is 8.48. The van der Waals surface area contributed by atoms with Crippen LogP contribution in [-0.2, 0) is 0 Å². The lowest BCUT2D eigenvalue weighted by Crippen LogP contribution is -2.09. The fraction of sp³-hybridized carbons (Fsp3) is 0.222. The van der Waals surface area contributed by atoms with Crippen LogP contribution in [0, 0.1) is 11.3 Å². The summed E-state index contributed by atoms with van der Waals surface area (Å²) in [6.07, 6.45) is 0.336. The van der Waals surface area contributed by atoms with Gasteiger partial charge in [0.05, 0.1) is 12.5 Å². The molecule has 0 amide bonds. The van der Waals surface area contributed by atoms with Crippen LogP contribution in [0.4, 0.5) is 0 Å². The zero-order chi connectivity index (χ0) is 9.84. The molecular weight excluding hydrogens is 331 g/mol. The lowest BCUT2D eigenvalue weighted by molar-refractivity contribution is 0.747. The van der Waals surface area contributed by atoms with Crippen LogP contribution in [0.1, 0.15) is 18.0 Å². The predicted octanol–water partition coefficient (Wildman–Crippen LogP) is 3.55. The van der Waals surface area contributed by atoms with Crippen molar-refractivity contribution in [2.75, 3.05) is 0 Å². The monoisotopic (exact) mass is 338 g/mol. The Bertz CT molecular complexity index is 329. The van der Waals surface area contributed by atoms with Crippen molar-refractivity contribution in [1.82, 2.24) is 0 Å². The molecule has 1 atom stereocenters. The van der Waals surface area contributed by atoms with Gasteiger partial charge in [-0.1, -0.05) is 31.9 Å². The Hall–Kier alpha value is -0.0800. The second-order valence-electron chi connectivity index (χ2n) is 2.67. The van der Waals surface area contributed by atoms with E-state index in [-0.39, 0.29) is 18.4 Å². The number of hydrogen-bond donors (Lipinski definition) is 1. The summed E-state index contributed by atoms with van der Waals surface area (Å²) >= 11 is 6.73. The zero-order valence-electron chi connectivity index (χ0n) is 7.21. The van der Waals surface area contributed by atoms with Gasteiger partial charge in [-0.25, -0.2) is 0 Å². The van der Waals surface area contributed by atoms with Crippen molar-refractivity contribution in [3.63, 3.8) is 0 Å². The molecule has 0 spiro atoms. The van der Waals surface area contributed by atoms with Crippen LogP contribution in [0.2, 0.25) is 0 Å². The molecule has 0 aromatic heterocycles. The molecule has 1 aromatic carbocycles. The van der Waals surface area contributed by atoms with Crippen molar-refractivity contribution >= 4 is 44.3 Å². The van der Waals surface area contributed by atoms with E-state index in [2.05, 4.69) is 31.9 Å². The average molecular weight is 340 g/mol. The molecule has 76 valence electrons. The summed E-state index contributed by atoms with van der Waals surface area (Å²) in [6, 6.07) is 7.62. The maximum Gasteiger partial charge on any atom is 0.0641 e. The van der Waals surface area contributed by atoms with Crippen LogP contribution in [0.15, 0.2) is 27.1 Å². The quantitative estimate of drug-likeness (QED) is 0.895. The van der Waals surface area contributed by atoms with Gasteiger partial charge in [-0.2, -0.15) is 5.26 Å². The first-order valence-electron chi connectivity index (χ1n) is 3.72. The first kappa shape index (κ1) is 13.9. The normalized spacial score (nSPS) is 11.3. The molecule has 0 radical (unpaired) electrons. The Kier molecular flexibility index (Phi) is 6.38. The highest BCUT2D eigenvalue weighted by atomic mass is 79.9. The number of rotatable bonds is 2. The highest BCUT2D eigenvalue weighted by Crippen LogP contribution is 2.24. The summed E-state index contributed by atoms with van der Waals surface area (Å²) in [5.41, 5.74) is 6.74. The number of nitrogens with zero attached hydrogens (tertiary/aromatic N) is 1. The first-order chi connectivity index (χ1) is 6.13. The number of halogens is 3. The van der Waals surface area contributed by atoms with Crippen molar-refractivity contribution in [1.29, 1.82) is 5.26 Å². The van der Waals surface area contributed by atoms with E-state index in [4.69, 9.17) is 11.0 Å². The molecular formula is C9H9Br2ClN2. The predicted molar refractivity (Wildman–Crippen MR) is 66.2 cm³/mol. The molecule has 2 N–H and O–H groups in total. The van der Waals surface area contributed by atoms with Crippen molar-refractivity contribution < 1.29 is 0 Å². The SMILES string of the molecule is Cl.N#CC[C@H](N)c1cc(Br)cc(Br)c1. The van der Waals surface area contributed by atoms with Gasteiger partial charge in [0.2, 0.25) is 0 Å². The second-order valence-corrected chi connectivity index (χ2v) is 4.50. The number of nitriles is 1. The van der Waals surface area contributed by atoms with E-state index in [9.17, 15) is 0 Å². The van der Waals surface area contributed by atoms with Gasteiger partial charge in [-0.3, -0.25) is 0 Å². The smallest absolute Gasteiger partial charge is 0.0641 e. The summed E-state index contributed by atoms with van der Waals surface area (Å²) < 4.78 is 1.93. The standard InChI is InChI=1S/C9H8Br2N2.ClH/c10-7-3-6(4-8(11)5-7)9(13)1-2-12;/h3-5,9H,1,13H2;1H/t9-;/m0./s1. The summed E-state index contributed by atoms with van der Waals surface area (Å²) in [6.45, 7) is 0. The molecule has 2 nitrogen and oxygen atoms in total. The van der Waals surface area contributed by atoms with Crippen molar-refractivity contribution in [3.8, 4) is 6.07 Å². The fourth-order valence-electron chi connectivity index (χ4n) is 1.01. The minimum absolute atomic E-state index is 0. The van der Waals surface area contributed by atoms with E-state index in [1.165, 1.54) is 0 Å². The summed E-state index contributed by atoms with van der Waals surface area (Å²) in [7, 11) is 0. The number of benzene rings is 1. The zero-order valence-corrected chi connectivity index (χ0v) is 11.2. The Morgan fingerprint density at radius 1 is 1.29 bits per heavy atom. The molecule has 0 bridgehead atoms. The van der Waals surface area contributed by atoms with Crippen LogP contribution >= 0.6 is 44.3 Å². The van der Waals surface area contributed by atoms with Crippen molar-refractivity contribution in [2.24, 2.45) is 5.73 Å². The molecule has 0 fully saturated rings. The minimum atomic E-state index is -0.209. The third-order valence-corrected chi connectivity index (χ3v) is 2.54. The first-order valence-corrected chi connectivity index (χ1v) is 5.30. The largest absolute Gasteiger partial charge is 0.323 e. The Morgan fingerprint density at radius 2 is 1.79 bits per heavy atom. The molecule has 0 aliphatic rings. The van der Waals surface area contributed by atoms with Gasteiger partial charge >= 0.3 is 0 Å². The van der Waals surface area contributed by atoms with Crippen LogP contribution in [0.25, 0.3) is 0 Å². The average Bonchev–Trinajstić information content (AvgIpc) is 2.03. The van der Waals surface area contributed by atoms with Gasteiger partial charge in [0.1, 0.15) is 0 Å². The van der Waals surface area contributed by atoms with E-state index in [0.717, 1.165) is 14.5 Å². The maximum absolute atomic E-state index is 8.48. The van der Waals surface area contributed by atoms with Gasteiger partial charge < -0.3 is 5.73 Å². The summed E-state index contributed by atoms with van der Waals surface area (Å²) in [5, 5.41) is 8.48. The third-order valence-electron chi connectivity index (χ3n) is 1.62. The van der Waals surface area contributed by atoms with Gasteiger partial charge in [0.25, 0.3) is 0 Å². The summed E-state index contributed by atoms with van der Waals surface area (Å²) in [4.78, 5) is 0. The topological polar surface area (TPSA) is 49.8 Å². The van der Waals surface area contributed by atoms with E-state index in [1.807, 2.05) is 24.3 Å².